The second-order valence-corrected chi connectivity index (χ2v) is 6.38. The van der Waals surface area contributed by atoms with Gasteiger partial charge in [0, 0.05) is 24.0 Å². The van der Waals surface area contributed by atoms with Crippen LogP contribution in [0.5, 0.6) is 0 Å². The lowest BCUT2D eigenvalue weighted by Gasteiger charge is -2.07. The fourth-order valence-corrected chi connectivity index (χ4v) is 2.95. The average molecular weight is 365 g/mol. The Kier molecular flexibility index (Phi) is 5.60. The number of rotatable bonds is 6. The van der Waals surface area contributed by atoms with E-state index in [1.54, 1.807) is 30.5 Å². The van der Waals surface area contributed by atoms with Crippen molar-refractivity contribution in [2.24, 2.45) is 0 Å². The summed E-state index contributed by atoms with van der Waals surface area (Å²) in [5, 5.41) is 14.3. The molecule has 0 bridgehead atoms. The van der Waals surface area contributed by atoms with Crippen LogP contribution in [0.2, 0.25) is 0 Å². The predicted octanol–water partition coefficient (Wildman–Crippen LogP) is 4.39. The number of benzene rings is 2. The number of carbonyl (C=O) groups is 1. The third kappa shape index (κ3) is 4.67. The monoisotopic (exact) mass is 365 g/mol. The Morgan fingerprint density at radius 2 is 1.65 bits per heavy atom. The lowest BCUT2D eigenvalue weighted by atomic mass is 10.1. The lowest BCUT2D eigenvalue weighted by Crippen LogP contribution is -2.13. The molecule has 0 saturated carbocycles. The van der Waals surface area contributed by atoms with Gasteiger partial charge >= 0.3 is 0 Å². The number of aromatic nitrogens is 1. The molecule has 0 aliphatic carbocycles. The molecule has 0 saturated heterocycles. The molecule has 0 aliphatic heterocycles. The smallest absolute Gasteiger partial charge is 0.269 e. The largest absolute Gasteiger partial charge is 0.325 e. The van der Waals surface area contributed by atoms with Gasteiger partial charge in [0.05, 0.1) is 15.7 Å². The van der Waals surface area contributed by atoms with Gasteiger partial charge in [0.15, 0.2) is 0 Å². The Balaban J connectivity index is 1.58. The zero-order valence-corrected chi connectivity index (χ0v) is 14.5. The quantitative estimate of drug-likeness (QED) is 0.398. The van der Waals surface area contributed by atoms with Crippen LogP contribution in [-0.4, -0.2) is 21.6 Å². The van der Waals surface area contributed by atoms with Crippen molar-refractivity contribution >= 4 is 29.0 Å². The molecule has 3 rings (SSSR count). The summed E-state index contributed by atoms with van der Waals surface area (Å²) in [5.41, 5.74) is 2.55. The molecule has 0 unspecified atom stereocenters. The molecule has 0 atom stereocenters. The molecule has 1 amide bonds. The maximum atomic E-state index is 12.0. The fraction of sp³-hybridized carbons (Fsp3) is 0.0526. The van der Waals surface area contributed by atoms with E-state index in [1.165, 1.54) is 23.9 Å². The number of amides is 1. The van der Waals surface area contributed by atoms with Gasteiger partial charge in [-0.05, 0) is 47.5 Å². The van der Waals surface area contributed by atoms with E-state index < -0.39 is 4.92 Å². The molecular weight excluding hydrogens is 350 g/mol. The zero-order valence-electron chi connectivity index (χ0n) is 13.7. The van der Waals surface area contributed by atoms with Crippen LogP contribution in [0.1, 0.15) is 0 Å². The van der Waals surface area contributed by atoms with Gasteiger partial charge in [0.1, 0.15) is 0 Å². The minimum Gasteiger partial charge on any atom is -0.325 e. The number of nitrogens with one attached hydrogen (secondary N) is 1. The van der Waals surface area contributed by atoms with Crippen molar-refractivity contribution in [2.45, 2.75) is 5.03 Å². The molecule has 26 heavy (non-hydrogen) atoms. The van der Waals surface area contributed by atoms with Crippen molar-refractivity contribution in [1.29, 1.82) is 0 Å². The van der Waals surface area contributed by atoms with Gasteiger partial charge in [-0.2, -0.15) is 0 Å². The number of pyridine rings is 1. The van der Waals surface area contributed by atoms with Crippen LogP contribution in [0.25, 0.3) is 11.1 Å². The van der Waals surface area contributed by atoms with Gasteiger partial charge in [0.2, 0.25) is 5.91 Å². The molecule has 0 spiro atoms. The Hall–Kier alpha value is -3.19. The molecule has 0 aliphatic rings. The molecular formula is C19H15N3O3S. The topological polar surface area (TPSA) is 85.1 Å². The number of nitro groups is 1. The minimum absolute atomic E-state index is 0.0584. The summed E-state index contributed by atoms with van der Waals surface area (Å²) in [6.45, 7) is 0. The van der Waals surface area contributed by atoms with Crippen molar-refractivity contribution in [1.82, 2.24) is 4.98 Å². The van der Waals surface area contributed by atoms with E-state index in [0.717, 1.165) is 16.2 Å². The molecule has 1 heterocycles. The van der Waals surface area contributed by atoms with E-state index in [-0.39, 0.29) is 17.3 Å². The number of anilines is 1. The number of carbonyl (C=O) groups excluding carboxylic acids is 1. The molecule has 3 aromatic rings. The van der Waals surface area contributed by atoms with E-state index in [9.17, 15) is 14.9 Å². The summed E-state index contributed by atoms with van der Waals surface area (Å²) in [7, 11) is 0. The van der Waals surface area contributed by atoms with Crippen LogP contribution in [0, 0.1) is 10.1 Å². The van der Waals surface area contributed by atoms with Gasteiger partial charge in [-0.3, -0.25) is 14.9 Å². The van der Waals surface area contributed by atoms with E-state index in [1.807, 2.05) is 30.3 Å². The van der Waals surface area contributed by atoms with Crippen LogP contribution in [-0.2, 0) is 4.79 Å². The van der Waals surface area contributed by atoms with Gasteiger partial charge in [-0.25, -0.2) is 4.98 Å². The minimum atomic E-state index is -0.425. The highest BCUT2D eigenvalue weighted by atomic mass is 32.2. The van der Waals surface area contributed by atoms with Crippen LogP contribution < -0.4 is 5.32 Å². The van der Waals surface area contributed by atoms with Crippen molar-refractivity contribution < 1.29 is 9.72 Å². The number of hydrogen-bond donors (Lipinski definition) is 1. The highest BCUT2D eigenvalue weighted by Crippen LogP contribution is 2.24. The van der Waals surface area contributed by atoms with Crippen molar-refractivity contribution in [2.75, 3.05) is 11.1 Å². The average Bonchev–Trinajstić information content (AvgIpc) is 2.68. The van der Waals surface area contributed by atoms with E-state index >= 15 is 0 Å². The second-order valence-electron chi connectivity index (χ2n) is 5.39. The van der Waals surface area contributed by atoms with Crippen LogP contribution in [0.3, 0.4) is 0 Å². The molecule has 7 heteroatoms. The first-order chi connectivity index (χ1) is 12.6. The Morgan fingerprint density at radius 3 is 2.23 bits per heavy atom. The standard InChI is InChI=1S/C19H15N3O3S/c23-18(13-26-19-3-1-2-12-20-19)21-16-8-4-14(5-9-16)15-6-10-17(11-7-15)22(24)25/h1-12H,13H2,(H,21,23). The molecule has 1 aromatic heterocycles. The molecule has 0 fully saturated rings. The molecule has 1 N–H and O–H groups in total. The summed E-state index contributed by atoms with van der Waals surface area (Å²) in [5.74, 6) is 0.171. The van der Waals surface area contributed by atoms with Crippen molar-refractivity contribution in [3.63, 3.8) is 0 Å². The Morgan fingerprint density at radius 1 is 1.00 bits per heavy atom. The van der Waals surface area contributed by atoms with E-state index in [4.69, 9.17) is 0 Å². The molecule has 0 radical (unpaired) electrons. The first-order valence-electron chi connectivity index (χ1n) is 7.80. The Labute approximate surface area is 154 Å². The summed E-state index contributed by atoms with van der Waals surface area (Å²) in [6, 6.07) is 19.3. The number of hydrogen-bond acceptors (Lipinski definition) is 5. The third-order valence-corrected chi connectivity index (χ3v) is 4.51. The highest BCUT2D eigenvalue weighted by molar-refractivity contribution is 7.99. The van der Waals surface area contributed by atoms with Crippen molar-refractivity contribution in [3.05, 3.63) is 83.0 Å². The van der Waals surface area contributed by atoms with Gasteiger partial charge < -0.3 is 5.32 Å². The fourth-order valence-electron chi connectivity index (χ4n) is 2.29. The highest BCUT2D eigenvalue weighted by Gasteiger charge is 2.07. The summed E-state index contributed by atoms with van der Waals surface area (Å²) >= 11 is 1.37. The van der Waals surface area contributed by atoms with Crippen LogP contribution in [0.4, 0.5) is 11.4 Å². The zero-order chi connectivity index (χ0) is 18.4. The maximum Gasteiger partial charge on any atom is 0.269 e. The summed E-state index contributed by atoms with van der Waals surface area (Å²) < 4.78 is 0. The first-order valence-corrected chi connectivity index (χ1v) is 8.79. The van der Waals surface area contributed by atoms with E-state index in [0.29, 0.717) is 5.69 Å². The number of nitrogens with zero attached hydrogens (tertiary/aromatic N) is 2. The Bertz CT molecular complexity index is 898. The second kappa shape index (κ2) is 8.26. The third-order valence-electron chi connectivity index (χ3n) is 3.57. The predicted molar refractivity (Wildman–Crippen MR) is 102 cm³/mol. The van der Waals surface area contributed by atoms with Crippen LogP contribution >= 0.6 is 11.8 Å². The van der Waals surface area contributed by atoms with Gasteiger partial charge in [-0.15, -0.1) is 0 Å². The number of non-ortho nitro benzene ring substituents is 1. The van der Waals surface area contributed by atoms with E-state index in [2.05, 4.69) is 10.3 Å². The van der Waals surface area contributed by atoms with Crippen molar-refractivity contribution in [3.8, 4) is 11.1 Å². The van der Waals surface area contributed by atoms with Gasteiger partial charge in [-0.1, -0.05) is 30.0 Å². The normalized spacial score (nSPS) is 10.3. The number of nitro benzene ring substituents is 1. The SMILES string of the molecule is O=C(CSc1ccccn1)Nc1ccc(-c2ccc([N+](=O)[O-])cc2)cc1. The lowest BCUT2D eigenvalue weighted by molar-refractivity contribution is -0.384. The number of thioether (sulfide) groups is 1. The van der Waals surface area contributed by atoms with Crippen LogP contribution in [0.15, 0.2) is 78.0 Å². The molecule has 6 nitrogen and oxygen atoms in total. The maximum absolute atomic E-state index is 12.0. The first kappa shape index (κ1) is 17.6. The summed E-state index contributed by atoms with van der Waals surface area (Å²) in [6.07, 6.45) is 1.69. The molecule has 2 aromatic carbocycles. The summed E-state index contributed by atoms with van der Waals surface area (Å²) in [4.78, 5) is 26.5. The molecule has 130 valence electrons. The van der Waals surface area contributed by atoms with Gasteiger partial charge in [0.25, 0.3) is 5.69 Å².